The van der Waals surface area contributed by atoms with Gasteiger partial charge in [-0.3, -0.25) is 0 Å². The van der Waals surface area contributed by atoms with E-state index < -0.39 is 5.82 Å². The second-order valence-electron chi connectivity index (χ2n) is 6.77. The summed E-state index contributed by atoms with van der Waals surface area (Å²) in [6, 6.07) is 3.65. The van der Waals surface area contributed by atoms with Crippen LogP contribution in [0.15, 0.2) is 12.1 Å². The maximum Gasteiger partial charge on any atom is 0.144 e. The summed E-state index contributed by atoms with van der Waals surface area (Å²) in [5.41, 5.74) is 1.61. The molecule has 3 saturated carbocycles. The van der Waals surface area contributed by atoms with Crippen molar-refractivity contribution in [2.24, 2.45) is 23.7 Å². The van der Waals surface area contributed by atoms with Crippen LogP contribution >= 0.6 is 23.2 Å². The Morgan fingerprint density at radius 3 is 2.62 bits per heavy atom. The van der Waals surface area contributed by atoms with Gasteiger partial charge in [-0.2, -0.15) is 0 Å². The molecule has 0 N–H and O–H groups in total. The molecule has 0 aliphatic heterocycles. The second kappa shape index (κ2) is 4.14. The van der Waals surface area contributed by atoms with E-state index in [-0.39, 0.29) is 5.02 Å². The third-order valence-electron chi connectivity index (χ3n) is 5.92. The Morgan fingerprint density at radius 2 is 1.95 bits per heavy atom. The van der Waals surface area contributed by atoms with E-state index in [1.807, 2.05) is 0 Å². The molecule has 4 atom stereocenters. The summed E-state index contributed by atoms with van der Waals surface area (Å²) in [5, 5.41) is 0.165. The van der Waals surface area contributed by atoms with Crippen LogP contribution in [0.1, 0.15) is 31.1 Å². The zero-order chi connectivity index (χ0) is 14.3. The summed E-state index contributed by atoms with van der Waals surface area (Å²) in [4.78, 5) is 4.52. The molecule has 21 heavy (non-hydrogen) atoms. The van der Waals surface area contributed by atoms with Crippen LogP contribution < -0.4 is 0 Å². The first-order valence-corrected chi connectivity index (χ1v) is 8.52. The minimum Gasteiger partial charge on any atom is -0.323 e. The van der Waals surface area contributed by atoms with Gasteiger partial charge in [0.25, 0.3) is 0 Å². The van der Waals surface area contributed by atoms with Crippen molar-refractivity contribution in [3.63, 3.8) is 0 Å². The van der Waals surface area contributed by atoms with E-state index in [0.717, 1.165) is 35.0 Å². The Kier molecular flexibility index (Phi) is 2.51. The fourth-order valence-electron chi connectivity index (χ4n) is 5.19. The molecule has 0 radical (unpaired) electrons. The predicted molar refractivity (Wildman–Crippen MR) is 81.1 cm³/mol. The number of nitrogens with zero attached hydrogens (tertiary/aromatic N) is 2. The standard InChI is InChI=1S/C16H15Cl2FN2/c17-6-13-20-11-5-10(19)9(18)4-12(11)21(13)16-14-7-1-2-8(3-7)15(14)16/h4-5,7-8,14-16H,1-3,6H2. The van der Waals surface area contributed by atoms with Crippen LogP contribution in [0.2, 0.25) is 5.02 Å². The topological polar surface area (TPSA) is 17.8 Å². The number of fused-ring (bicyclic) bond motifs is 6. The van der Waals surface area contributed by atoms with Crippen LogP contribution in [0.5, 0.6) is 0 Å². The van der Waals surface area contributed by atoms with Gasteiger partial charge in [-0.05, 0) is 49.0 Å². The van der Waals surface area contributed by atoms with Crippen molar-refractivity contribution in [1.82, 2.24) is 9.55 Å². The molecule has 3 aliphatic carbocycles. The maximum atomic E-state index is 13.7. The Morgan fingerprint density at radius 1 is 1.24 bits per heavy atom. The highest BCUT2D eigenvalue weighted by molar-refractivity contribution is 6.31. The summed E-state index contributed by atoms with van der Waals surface area (Å²) in [5.74, 6) is 4.12. The van der Waals surface area contributed by atoms with Crippen molar-refractivity contribution < 1.29 is 4.39 Å². The molecule has 2 bridgehead atoms. The zero-order valence-electron chi connectivity index (χ0n) is 11.4. The van der Waals surface area contributed by atoms with Gasteiger partial charge in [0.2, 0.25) is 0 Å². The van der Waals surface area contributed by atoms with Gasteiger partial charge in [-0.25, -0.2) is 9.37 Å². The number of aromatic nitrogens is 2. The maximum absolute atomic E-state index is 13.7. The van der Waals surface area contributed by atoms with Crippen molar-refractivity contribution in [1.29, 1.82) is 0 Å². The molecular weight excluding hydrogens is 310 g/mol. The quantitative estimate of drug-likeness (QED) is 0.726. The first-order chi connectivity index (χ1) is 10.2. The van der Waals surface area contributed by atoms with Crippen molar-refractivity contribution in [3.8, 4) is 0 Å². The Labute approximate surface area is 132 Å². The third-order valence-corrected chi connectivity index (χ3v) is 6.45. The number of halogens is 3. The molecule has 1 aromatic carbocycles. The van der Waals surface area contributed by atoms with E-state index >= 15 is 0 Å². The molecule has 110 valence electrons. The first kappa shape index (κ1) is 12.7. The Balaban J connectivity index is 1.67. The molecule has 5 heteroatoms. The molecule has 2 aromatic rings. The largest absolute Gasteiger partial charge is 0.323 e. The summed E-state index contributed by atoms with van der Waals surface area (Å²) in [6.07, 6.45) is 4.16. The lowest BCUT2D eigenvalue weighted by molar-refractivity contribution is 0.454. The third kappa shape index (κ3) is 1.57. The summed E-state index contributed by atoms with van der Waals surface area (Å²) in [7, 11) is 0. The van der Waals surface area contributed by atoms with Gasteiger partial charge in [-0.15, -0.1) is 11.6 Å². The lowest BCUT2D eigenvalue weighted by Gasteiger charge is -2.13. The van der Waals surface area contributed by atoms with Crippen LogP contribution in [0, 0.1) is 29.5 Å². The van der Waals surface area contributed by atoms with Gasteiger partial charge in [0.05, 0.1) is 21.9 Å². The predicted octanol–water partition coefficient (Wildman–Crippen LogP) is 4.78. The van der Waals surface area contributed by atoms with Crippen molar-refractivity contribution in [3.05, 3.63) is 28.8 Å². The van der Waals surface area contributed by atoms with Gasteiger partial charge in [-0.1, -0.05) is 11.6 Å². The highest BCUT2D eigenvalue weighted by Crippen LogP contribution is 2.72. The first-order valence-electron chi connectivity index (χ1n) is 7.61. The highest BCUT2D eigenvalue weighted by Gasteiger charge is 2.66. The lowest BCUT2D eigenvalue weighted by atomic mass is 10.0. The second-order valence-corrected chi connectivity index (χ2v) is 7.44. The minimum absolute atomic E-state index is 0.165. The summed E-state index contributed by atoms with van der Waals surface area (Å²) >= 11 is 12.1. The smallest absolute Gasteiger partial charge is 0.144 e. The summed E-state index contributed by atoms with van der Waals surface area (Å²) in [6.45, 7) is 0. The normalized spacial score (nSPS) is 36.4. The molecule has 0 amide bonds. The molecule has 3 aliphatic rings. The number of hydrogen-bond donors (Lipinski definition) is 0. The highest BCUT2D eigenvalue weighted by atomic mass is 35.5. The van der Waals surface area contributed by atoms with E-state index in [1.165, 1.54) is 25.3 Å². The number of imidazole rings is 1. The van der Waals surface area contributed by atoms with Gasteiger partial charge in [0.1, 0.15) is 11.6 Å². The van der Waals surface area contributed by atoms with Crippen LogP contribution in [0.25, 0.3) is 11.0 Å². The number of rotatable bonds is 2. The number of benzene rings is 1. The molecule has 4 unspecified atom stereocenters. The van der Waals surface area contributed by atoms with Gasteiger partial charge >= 0.3 is 0 Å². The van der Waals surface area contributed by atoms with Gasteiger partial charge in [0, 0.05) is 12.1 Å². The monoisotopic (exact) mass is 324 g/mol. The van der Waals surface area contributed by atoms with E-state index in [2.05, 4.69) is 9.55 Å². The zero-order valence-corrected chi connectivity index (χ0v) is 12.9. The molecule has 1 aromatic heterocycles. The van der Waals surface area contributed by atoms with Crippen molar-refractivity contribution in [2.45, 2.75) is 31.2 Å². The number of alkyl halides is 1. The molecule has 2 nitrogen and oxygen atoms in total. The van der Waals surface area contributed by atoms with E-state index in [4.69, 9.17) is 23.2 Å². The average Bonchev–Trinajstić information content (AvgIpc) is 2.82. The molecule has 0 spiro atoms. The molecular formula is C16H15Cl2FN2. The molecule has 1 heterocycles. The molecule has 0 saturated heterocycles. The molecule has 3 fully saturated rings. The van der Waals surface area contributed by atoms with Crippen LogP contribution in [-0.4, -0.2) is 9.55 Å². The Bertz CT molecular complexity index is 740. The summed E-state index contributed by atoms with van der Waals surface area (Å²) < 4.78 is 15.9. The van der Waals surface area contributed by atoms with E-state index in [9.17, 15) is 4.39 Å². The van der Waals surface area contributed by atoms with E-state index in [1.54, 1.807) is 6.07 Å². The molecule has 5 rings (SSSR count). The van der Waals surface area contributed by atoms with Crippen LogP contribution in [-0.2, 0) is 5.88 Å². The minimum atomic E-state index is -0.411. The van der Waals surface area contributed by atoms with Gasteiger partial charge in [0.15, 0.2) is 0 Å². The fraction of sp³-hybridized carbons (Fsp3) is 0.562. The van der Waals surface area contributed by atoms with Crippen LogP contribution in [0.4, 0.5) is 4.39 Å². The lowest BCUT2D eigenvalue weighted by Crippen LogP contribution is -2.07. The van der Waals surface area contributed by atoms with Crippen molar-refractivity contribution >= 4 is 34.2 Å². The van der Waals surface area contributed by atoms with Crippen molar-refractivity contribution in [2.75, 3.05) is 0 Å². The Hall–Kier alpha value is -0.800. The SMILES string of the molecule is Fc1cc2nc(CCl)n(C3C4C5CCC(C5)C43)c2cc1Cl. The average molecular weight is 325 g/mol. The van der Waals surface area contributed by atoms with E-state index in [0.29, 0.717) is 17.4 Å². The van der Waals surface area contributed by atoms with Crippen LogP contribution in [0.3, 0.4) is 0 Å². The number of hydrogen-bond acceptors (Lipinski definition) is 1. The van der Waals surface area contributed by atoms with Gasteiger partial charge < -0.3 is 4.57 Å². The fourth-order valence-corrected chi connectivity index (χ4v) is 5.54.